The van der Waals surface area contributed by atoms with E-state index in [9.17, 15) is 9.90 Å². The van der Waals surface area contributed by atoms with Gasteiger partial charge in [-0.3, -0.25) is 0 Å². The Morgan fingerprint density at radius 2 is 2.10 bits per heavy atom. The van der Waals surface area contributed by atoms with Crippen LogP contribution in [0.15, 0.2) is 35.7 Å². The number of aromatic carboxylic acids is 1. The standard InChI is InChI=1S/C16H19NO2S/c1-11(2)17(10-13-5-4-8-20-13)15-9-12(3)6-7-14(15)16(18)19/h4-9,11H,10H2,1-3H3,(H,18,19). The Morgan fingerprint density at radius 1 is 1.35 bits per heavy atom. The summed E-state index contributed by atoms with van der Waals surface area (Å²) in [7, 11) is 0. The molecule has 0 aliphatic rings. The summed E-state index contributed by atoms with van der Waals surface area (Å²) in [5.41, 5.74) is 2.23. The van der Waals surface area contributed by atoms with Gasteiger partial charge in [0.05, 0.1) is 17.8 Å². The number of carbonyl (C=O) groups is 1. The SMILES string of the molecule is Cc1ccc(C(=O)O)c(N(Cc2cccs2)C(C)C)c1. The van der Waals surface area contributed by atoms with Gasteiger partial charge in [-0.2, -0.15) is 0 Å². The second-order valence-corrected chi connectivity index (χ2v) is 6.16. The number of rotatable bonds is 5. The zero-order valence-corrected chi connectivity index (χ0v) is 12.8. The van der Waals surface area contributed by atoms with Crippen LogP contribution in [-0.4, -0.2) is 17.1 Å². The first-order valence-corrected chi connectivity index (χ1v) is 7.50. The van der Waals surface area contributed by atoms with Crippen LogP contribution in [0.5, 0.6) is 0 Å². The maximum atomic E-state index is 11.4. The summed E-state index contributed by atoms with van der Waals surface area (Å²) in [6.07, 6.45) is 0. The van der Waals surface area contributed by atoms with Gasteiger partial charge in [0.2, 0.25) is 0 Å². The predicted molar refractivity (Wildman–Crippen MR) is 83.8 cm³/mol. The average Bonchev–Trinajstić information content (AvgIpc) is 2.87. The van der Waals surface area contributed by atoms with Crippen LogP contribution in [0.4, 0.5) is 5.69 Å². The zero-order valence-electron chi connectivity index (χ0n) is 12.0. The fourth-order valence-electron chi connectivity index (χ4n) is 2.18. The van der Waals surface area contributed by atoms with E-state index < -0.39 is 5.97 Å². The van der Waals surface area contributed by atoms with E-state index in [1.54, 1.807) is 17.4 Å². The highest BCUT2D eigenvalue weighted by molar-refractivity contribution is 7.09. The fourth-order valence-corrected chi connectivity index (χ4v) is 2.88. The van der Waals surface area contributed by atoms with Crippen LogP contribution in [0.25, 0.3) is 0 Å². The summed E-state index contributed by atoms with van der Waals surface area (Å²) in [6, 6.07) is 9.82. The van der Waals surface area contributed by atoms with Crippen molar-refractivity contribution in [1.82, 2.24) is 0 Å². The van der Waals surface area contributed by atoms with Crippen molar-refractivity contribution in [3.8, 4) is 0 Å². The third kappa shape index (κ3) is 3.20. The second-order valence-electron chi connectivity index (χ2n) is 5.13. The maximum Gasteiger partial charge on any atom is 0.337 e. The van der Waals surface area contributed by atoms with Gasteiger partial charge in [-0.1, -0.05) is 12.1 Å². The van der Waals surface area contributed by atoms with E-state index in [1.807, 2.05) is 30.5 Å². The Bertz CT molecular complexity index is 591. The largest absolute Gasteiger partial charge is 0.478 e. The fraction of sp³-hybridized carbons (Fsp3) is 0.312. The molecule has 0 spiro atoms. The van der Waals surface area contributed by atoms with Gasteiger partial charge in [-0.15, -0.1) is 11.3 Å². The van der Waals surface area contributed by atoms with Gasteiger partial charge in [0.1, 0.15) is 0 Å². The smallest absolute Gasteiger partial charge is 0.337 e. The highest BCUT2D eigenvalue weighted by Gasteiger charge is 2.19. The molecule has 0 unspecified atom stereocenters. The van der Waals surface area contributed by atoms with Crippen LogP contribution in [0.2, 0.25) is 0 Å². The summed E-state index contributed by atoms with van der Waals surface area (Å²) in [5.74, 6) is -0.878. The molecule has 0 aliphatic heterocycles. The lowest BCUT2D eigenvalue weighted by Gasteiger charge is -2.30. The summed E-state index contributed by atoms with van der Waals surface area (Å²) < 4.78 is 0. The number of aryl methyl sites for hydroxylation is 1. The first kappa shape index (κ1) is 14.6. The molecule has 2 rings (SSSR count). The normalized spacial score (nSPS) is 10.8. The van der Waals surface area contributed by atoms with Gasteiger partial charge in [0.15, 0.2) is 0 Å². The Balaban J connectivity index is 2.43. The van der Waals surface area contributed by atoms with Crippen molar-refractivity contribution in [1.29, 1.82) is 0 Å². The summed E-state index contributed by atoms with van der Waals surface area (Å²) >= 11 is 1.69. The van der Waals surface area contributed by atoms with Gasteiger partial charge in [-0.05, 0) is 49.9 Å². The molecule has 0 fully saturated rings. The molecule has 4 heteroatoms. The molecule has 0 bridgehead atoms. The number of thiophene rings is 1. The average molecular weight is 289 g/mol. The molecule has 1 heterocycles. The molecule has 1 aromatic carbocycles. The minimum atomic E-state index is -0.878. The van der Waals surface area contributed by atoms with Crippen LogP contribution >= 0.6 is 11.3 Å². The molecule has 3 nitrogen and oxygen atoms in total. The van der Waals surface area contributed by atoms with Crippen molar-refractivity contribution in [2.45, 2.75) is 33.4 Å². The third-order valence-corrected chi connectivity index (χ3v) is 4.08. The molecule has 2 aromatic rings. The van der Waals surface area contributed by atoms with Crippen LogP contribution in [-0.2, 0) is 6.54 Å². The molecular weight excluding hydrogens is 270 g/mol. The van der Waals surface area contributed by atoms with E-state index in [-0.39, 0.29) is 6.04 Å². The van der Waals surface area contributed by atoms with Gasteiger partial charge < -0.3 is 10.0 Å². The van der Waals surface area contributed by atoms with Crippen molar-refractivity contribution in [2.75, 3.05) is 4.90 Å². The van der Waals surface area contributed by atoms with Crippen molar-refractivity contribution in [3.05, 3.63) is 51.7 Å². The number of carboxylic acids is 1. The lowest BCUT2D eigenvalue weighted by Crippen LogP contribution is -2.31. The van der Waals surface area contributed by atoms with Crippen LogP contribution in [0.3, 0.4) is 0 Å². The molecular formula is C16H19NO2S. The first-order valence-electron chi connectivity index (χ1n) is 6.62. The number of carboxylic acid groups (broad SMARTS) is 1. The lowest BCUT2D eigenvalue weighted by molar-refractivity contribution is 0.0697. The monoisotopic (exact) mass is 289 g/mol. The van der Waals surface area contributed by atoms with Gasteiger partial charge in [0, 0.05) is 10.9 Å². The quantitative estimate of drug-likeness (QED) is 0.898. The molecule has 20 heavy (non-hydrogen) atoms. The van der Waals surface area contributed by atoms with E-state index in [4.69, 9.17) is 0 Å². The molecule has 106 valence electrons. The van der Waals surface area contributed by atoms with Crippen LogP contribution in [0.1, 0.15) is 34.6 Å². The van der Waals surface area contributed by atoms with Crippen LogP contribution in [0, 0.1) is 6.92 Å². The zero-order chi connectivity index (χ0) is 14.7. The summed E-state index contributed by atoms with van der Waals surface area (Å²) in [5, 5.41) is 11.4. The van der Waals surface area contributed by atoms with Crippen molar-refractivity contribution >= 4 is 23.0 Å². The second kappa shape index (κ2) is 6.09. The highest BCUT2D eigenvalue weighted by Crippen LogP contribution is 2.27. The number of hydrogen-bond acceptors (Lipinski definition) is 3. The van der Waals surface area contributed by atoms with Gasteiger partial charge in [-0.25, -0.2) is 4.79 Å². The first-order chi connectivity index (χ1) is 9.49. The molecule has 0 radical (unpaired) electrons. The highest BCUT2D eigenvalue weighted by atomic mass is 32.1. The molecule has 0 saturated heterocycles. The number of anilines is 1. The molecule has 0 aliphatic carbocycles. The Kier molecular flexibility index (Phi) is 4.45. The molecule has 1 N–H and O–H groups in total. The van der Waals surface area contributed by atoms with E-state index in [0.717, 1.165) is 17.8 Å². The van der Waals surface area contributed by atoms with Crippen molar-refractivity contribution < 1.29 is 9.90 Å². The Labute approximate surface area is 123 Å². The summed E-state index contributed by atoms with van der Waals surface area (Å²) in [4.78, 5) is 14.8. The van der Waals surface area contributed by atoms with E-state index in [1.165, 1.54) is 4.88 Å². The van der Waals surface area contributed by atoms with Crippen molar-refractivity contribution in [3.63, 3.8) is 0 Å². The topological polar surface area (TPSA) is 40.5 Å². The van der Waals surface area contributed by atoms with E-state index in [0.29, 0.717) is 5.56 Å². The van der Waals surface area contributed by atoms with Crippen molar-refractivity contribution in [2.24, 2.45) is 0 Å². The Hall–Kier alpha value is -1.81. The Morgan fingerprint density at radius 3 is 2.65 bits per heavy atom. The molecule has 0 atom stereocenters. The van der Waals surface area contributed by atoms with Gasteiger partial charge in [0.25, 0.3) is 0 Å². The minimum Gasteiger partial charge on any atom is -0.478 e. The number of nitrogens with zero attached hydrogens (tertiary/aromatic N) is 1. The van der Waals surface area contributed by atoms with Gasteiger partial charge >= 0.3 is 5.97 Å². The van der Waals surface area contributed by atoms with Crippen LogP contribution < -0.4 is 4.90 Å². The molecule has 1 aromatic heterocycles. The predicted octanol–water partition coefficient (Wildman–Crippen LogP) is 4.17. The molecule has 0 saturated carbocycles. The maximum absolute atomic E-state index is 11.4. The number of hydrogen-bond donors (Lipinski definition) is 1. The minimum absolute atomic E-state index is 0.233. The molecule has 0 amide bonds. The van der Waals surface area contributed by atoms with E-state index >= 15 is 0 Å². The third-order valence-electron chi connectivity index (χ3n) is 3.22. The summed E-state index contributed by atoms with van der Waals surface area (Å²) in [6.45, 7) is 6.89. The van der Waals surface area contributed by atoms with E-state index in [2.05, 4.69) is 24.8 Å². The lowest BCUT2D eigenvalue weighted by atomic mass is 10.1. The number of benzene rings is 1.